The third-order valence-corrected chi connectivity index (χ3v) is 4.70. The molecule has 2 rings (SSSR count). The molecule has 0 aliphatic rings. The van der Waals surface area contributed by atoms with Crippen molar-refractivity contribution in [2.24, 2.45) is 0 Å². The van der Waals surface area contributed by atoms with Crippen molar-refractivity contribution in [3.8, 4) is 11.5 Å². The van der Waals surface area contributed by atoms with Gasteiger partial charge in [0.05, 0.1) is 5.56 Å². The van der Waals surface area contributed by atoms with Crippen LogP contribution in [0, 0.1) is 13.8 Å². The number of rotatable bonds is 3. The average molecular weight is 398 g/mol. The Balaban J connectivity index is 2.44. The van der Waals surface area contributed by atoms with Gasteiger partial charge in [0, 0.05) is 8.95 Å². The SMILES string of the molecule is CC(=O)c1ccc(Br)cc1Oc1cc(C)c(Br)c(C)c1. The van der Waals surface area contributed by atoms with Crippen LogP contribution in [0.25, 0.3) is 0 Å². The van der Waals surface area contributed by atoms with Gasteiger partial charge in [-0.05, 0) is 62.2 Å². The van der Waals surface area contributed by atoms with E-state index in [0.717, 1.165) is 25.8 Å². The molecule has 4 heteroatoms. The highest BCUT2D eigenvalue weighted by Gasteiger charge is 2.11. The van der Waals surface area contributed by atoms with Gasteiger partial charge in [0.15, 0.2) is 5.78 Å². The van der Waals surface area contributed by atoms with Gasteiger partial charge in [-0.25, -0.2) is 0 Å². The second kappa shape index (κ2) is 6.10. The van der Waals surface area contributed by atoms with E-state index in [1.807, 2.05) is 38.1 Å². The van der Waals surface area contributed by atoms with Gasteiger partial charge in [0.25, 0.3) is 0 Å². The van der Waals surface area contributed by atoms with E-state index in [-0.39, 0.29) is 5.78 Å². The summed E-state index contributed by atoms with van der Waals surface area (Å²) in [7, 11) is 0. The van der Waals surface area contributed by atoms with Crippen molar-refractivity contribution >= 4 is 37.6 Å². The normalized spacial score (nSPS) is 10.4. The molecular formula is C16H14Br2O2. The highest BCUT2D eigenvalue weighted by Crippen LogP contribution is 2.32. The quantitative estimate of drug-likeness (QED) is 0.609. The van der Waals surface area contributed by atoms with Crippen LogP contribution >= 0.6 is 31.9 Å². The van der Waals surface area contributed by atoms with Gasteiger partial charge in [0.1, 0.15) is 11.5 Å². The van der Waals surface area contributed by atoms with Gasteiger partial charge in [-0.2, -0.15) is 0 Å². The topological polar surface area (TPSA) is 26.3 Å². The predicted molar refractivity (Wildman–Crippen MR) is 87.8 cm³/mol. The van der Waals surface area contributed by atoms with E-state index in [1.54, 1.807) is 6.07 Å². The van der Waals surface area contributed by atoms with Crippen LogP contribution < -0.4 is 4.74 Å². The fraction of sp³-hybridized carbons (Fsp3) is 0.188. The molecule has 0 atom stereocenters. The Bertz CT molecular complexity index is 655. The molecule has 0 aliphatic carbocycles. The molecule has 0 saturated heterocycles. The number of carbonyl (C=O) groups is 1. The Morgan fingerprint density at radius 2 is 1.65 bits per heavy atom. The van der Waals surface area contributed by atoms with Gasteiger partial charge >= 0.3 is 0 Å². The minimum Gasteiger partial charge on any atom is -0.457 e. The Hall–Kier alpha value is -1.13. The average Bonchev–Trinajstić information content (AvgIpc) is 2.35. The molecule has 0 unspecified atom stereocenters. The van der Waals surface area contributed by atoms with E-state index >= 15 is 0 Å². The van der Waals surface area contributed by atoms with Crippen molar-refractivity contribution in [3.63, 3.8) is 0 Å². The molecule has 0 aromatic heterocycles. The van der Waals surface area contributed by atoms with E-state index in [9.17, 15) is 4.79 Å². The zero-order valence-corrected chi connectivity index (χ0v) is 14.6. The lowest BCUT2D eigenvalue weighted by Crippen LogP contribution is -1.97. The third-order valence-electron chi connectivity index (χ3n) is 2.96. The van der Waals surface area contributed by atoms with Gasteiger partial charge in [0.2, 0.25) is 0 Å². The highest BCUT2D eigenvalue weighted by atomic mass is 79.9. The third kappa shape index (κ3) is 3.30. The summed E-state index contributed by atoms with van der Waals surface area (Å²) in [6.45, 7) is 5.56. The summed E-state index contributed by atoms with van der Waals surface area (Å²) in [6, 6.07) is 9.30. The fourth-order valence-electron chi connectivity index (χ4n) is 1.96. The number of Topliss-reactive ketones (excluding diaryl/α,β-unsaturated/α-hetero) is 1. The maximum Gasteiger partial charge on any atom is 0.163 e. The molecule has 2 aromatic rings. The van der Waals surface area contributed by atoms with Gasteiger partial charge < -0.3 is 4.74 Å². The van der Waals surface area contributed by atoms with Crippen LogP contribution in [-0.2, 0) is 0 Å². The molecule has 2 nitrogen and oxygen atoms in total. The van der Waals surface area contributed by atoms with Crippen molar-refractivity contribution in [1.29, 1.82) is 0 Å². The van der Waals surface area contributed by atoms with E-state index < -0.39 is 0 Å². The Kier molecular flexibility index (Phi) is 4.66. The number of aryl methyl sites for hydroxylation is 2. The Labute approximate surface area is 135 Å². The maximum atomic E-state index is 11.7. The smallest absolute Gasteiger partial charge is 0.163 e. The van der Waals surface area contributed by atoms with Crippen molar-refractivity contribution in [2.75, 3.05) is 0 Å². The van der Waals surface area contributed by atoms with Crippen LogP contribution in [0.15, 0.2) is 39.3 Å². The van der Waals surface area contributed by atoms with E-state index in [1.165, 1.54) is 6.92 Å². The lowest BCUT2D eigenvalue weighted by molar-refractivity contribution is 0.101. The summed E-state index contributed by atoms with van der Waals surface area (Å²) >= 11 is 6.93. The molecule has 20 heavy (non-hydrogen) atoms. The summed E-state index contributed by atoms with van der Waals surface area (Å²) in [4.78, 5) is 11.7. The predicted octanol–water partition coefficient (Wildman–Crippen LogP) is 5.82. The summed E-state index contributed by atoms with van der Waals surface area (Å²) in [5.74, 6) is 1.27. The number of halogens is 2. The lowest BCUT2D eigenvalue weighted by atomic mass is 10.1. The first-order valence-electron chi connectivity index (χ1n) is 6.13. The first-order valence-corrected chi connectivity index (χ1v) is 7.72. The minimum atomic E-state index is -0.0157. The second-order valence-corrected chi connectivity index (χ2v) is 6.38. The zero-order chi connectivity index (χ0) is 14.9. The highest BCUT2D eigenvalue weighted by molar-refractivity contribution is 9.10. The molecule has 0 spiro atoms. The Morgan fingerprint density at radius 3 is 2.20 bits per heavy atom. The van der Waals surface area contributed by atoms with E-state index in [2.05, 4.69) is 31.9 Å². The molecule has 0 saturated carbocycles. The van der Waals surface area contributed by atoms with Crippen LogP contribution in [-0.4, -0.2) is 5.78 Å². The Morgan fingerprint density at radius 1 is 1.05 bits per heavy atom. The molecule has 0 N–H and O–H groups in total. The first-order chi connectivity index (χ1) is 9.38. The molecule has 0 radical (unpaired) electrons. The van der Waals surface area contributed by atoms with Crippen LogP contribution in [0.2, 0.25) is 0 Å². The number of hydrogen-bond acceptors (Lipinski definition) is 2. The van der Waals surface area contributed by atoms with Crippen LogP contribution in [0.5, 0.6) is 11.5 Å². The molecule has 104 valence electrons. The second-order valence-electron chi connectivity index (χ2n) is 4.67. The number of ketones is 1. The summed E-state index contributed by atoms with van der Waals surface area (Å²) in [6.07, 6.45) is 0. The lowest BCUT2D eigenvalue weighted by Gasteiger charge is -2.12. The first kappa shape index (κ1) is 15.3. The largest absolute Gasteiger partial charge is 0.457 e. The van der Waals surface area contributed by atoms with Crippen molar-refractivity contribution in [1.82, 2.24) is 0 Å². The number of hydrogen-bond donors (Lipinski definition) is 0. The number of ether oxygens (including phenoxy) is 1. The van der Waals surface area contributed by atoms with Gasteiger partial charge in [-0.15, -0.1) is 0 Å². The van der Waals surface area contributed by atoms with Gasteiger partial charge in [-0.3, -0.25) is 4.79 Å². The molecule has 0 heterocycles. The van der Waals surface area contributed by atoms with Crippen LogP contribution in [0.4, 0.5) is 0 Å². The fourth-order valence-corrected chi connectivity index (χ4v) is 2.53. The number of carbonyl (C=O) groups excluding carboxylic acids is 1. The standard InChI is InChI=1S/C16H14Br2O2/c1-9-6-13(7-10(2)16(9)18)20-15-8-12(17)4-5-14(15)11(3)19/h4-8H,1-3H3. The zero-order valence-electron chi connectivity index (χ0n) is 11.5. The molecule has 2 aromatic carbocycles. The summed E-state index contributed by atoms with van der Waals surface area (Å²) < 4.78 is 7.85. The molecule has 0 fully saturated rings. The molecule has 0 bridgehead atoms. The summed E-state index contributed by atoms with van der Waals surface area (Å²) in [5, 5.41) is 0. The van der Waals surface area contributed by atoms with Crippen LogP contribution in [0.3, 0.4) is 0 Å². The van der Waals surface area contributed by atoms with Crippen molar-refractivity contribution in [2.45, 2.75) is 20.8 Å². The maximum absolute atomic E-state index is 11.7. The van der Waals surface area contributed by atoms with E-state index in [0.29, 0.717) is 11.3 Å². The number of benzene rings is 2. The monoisotopic (exact) mass is 396 g/mol. The van der Waals surface area contributed by atoms with E-state index in [4.69, 9.17) is 4.74 Å². The molecule has 0 aliphatic heterocycles. The van der Waals surface area contributed by atoms with Crippen LogP contribution in [0.1, 0.15) is 28.4 Å². The van der Waals surface area contributed by atoms with Crippen molar-refractivity contribution in [3.05, 3.63) is 56.0 Å². The minimum absolute atomic E-state index is 0.0157. The molecular weight excluding hydrogens is 384 g/mol. The summed E-state index contributed by atoms with van der Waals surface area (Å²) in [5.41, 5.74) is 2.77. The van der Waals surface area contributed by atoms with Crippen molar-refractivity contribution < 1.29 is 9.53 Å². The van der Waals surface area contributed by atoms with Gasteiger partial charge in [-0.1, -0.05) is 31.9 Å². The molecule has 0 amide bonds.